The summed E-state index contributed by atoms with van der Waals surface area (Å²) in [5.41, 5.74) is -0.656. The summed E-state index contributed by atoms with van der Waals surface area (Å²) >= 11 is 0. The molecule has 0 saturated carbocycles. The van der Waals surface area contributed by atoms with Crippen molar-refractivity contribution in [3.63, 3.8) is 0 Å². The van der Waals surface area contributed by atoms with Gasteiger partial charge < -0.3 is 20.1 Å². The molecule has 0 aromatic rings. The molecule has 2 unspecified atom stereocenters. The number of rotatable bonds is 4. The average molecular weight is 298 g/mol. The molecular weight excluding hydrogens is 272 g/mol. The van der Waals surface area contributed by atoms with Crippen LogP contribution >= 0.6 is 0 Å². The number of carbonyl (C=O) groups is 2. The molecule has 0 radical (unpaired) electrons. The van der Waals surface area contributed by atoms with Crippen LogP contribution in [-0.4, -0.2) is 53.8 Å². The molecule has 2 saturated heterocycles. The first-order valence-electron chi connectivity index (χ1n) is 7.89. The molecule has 2 fully saturated rings. The fraction of sp³-hybridized carbons (Fsp3) is 0.867. The molecule has 6 heteroatoms. The molecule has 120 valence electrons. The number of piperidine rings is 1. The van der Waals surface area contributed by atoms with Gasteiger partial charge in [0.2, 0.25) is 0 Å². The van der Waals surface area contributed by atoms with Crippen molar-refractivity contribution in [3.8, 4) is 0 Å². The van der Waals surface area contributed by atoms with Crippen LogP contribution in [0.1, 0.15) is 46.0 Å². The predicted molar refractivity (Wildman–Crippen MR) is 78.1 cm³/mol. The van der Waals surface area contributed by atoms with Crippen molar-refractivity contribution in [1.82, 2.24) is 10.2 Å². The van der Waals surface area contributed by atoms with Crippen LogP contribution in [0.2, 0.25) is 0 Å². The molecular formula is C15H26N2O4. The third kappa shape index (κ3) is 3.48. The lowest BCUT2D eigenvalue weighted by Gasteiger charge is -2.38. The van der Waals surface area contributed by atoms with E-state index in [2.05, 4.69) is 5.32 Å². The molecule has 2 amide bonds. The molecule has 21 heavy (non-hydrogen) atoms. The third-order valence-corrected chi connectivity index (χ3v) is 5.01. The quantitative estimate of drug-likeness (QED) is 0.830. The van der Waals surface area contributed by atoms with E-state index in [1.54, 1.807) is 4.90 Å². The molecule has 0 aliphatic carbocycles. The lowest BCUT2D eigenvalue weighted by Crippen LogP contribution is -2.52. The van der Waals surface area contributed by atoms with Crippen LogP contribution < -0.4 is 5.32 Å². The van der Waals surface area contributed by atoms with Crippen LogP contribution in [0.5, 0.6) is 0 Å². The Kier molecular flexibility index (Phi) is 5.08. The van der Waals surface area contributed by atoms with Gasteiger partial charge in [-0.05, 0) is 39.0 Å². The summed E-state index contributed by atoms with van der Waals surface area (Å²) in [6.07, 6.45) is 3.81. The van der Waals surface area contributed by atoms with Crippen LogP contribution in [0.15, 0.2) is 0 Å². The molecule has 2 aliphatic heterocycles. The highest BCUT2D eigenvalue weighted by molar-refractivity contribution is 5.77. The zero-order valence-corrected chi connectivity index (χ0v) is 12.9. The number of likely N-dealkylation sites (tertiary alicyclic amines) is 1. The Bertz CT molecular complexity index is 385. The minimum atomic E-state index is -0.738. The summed E-state index contributed by atoms with van der Waals surface area (Å²) in [7, 11) is 0. The van der Waals surface area contributed by atoms with E-state index >= 15 is 0 Å². The standard InChI is InChI=1S/C15H26N2O4/c1-3-15(13(18)19)6-8-17(9-7-15)14(20)16-11(2)12-5-4-10-21-12/h11-12H,3-10H2,1-2H3,(H,16,20)(H,18,19). The molecule has 2 atom stereocenters. The highest BCUT2D eigenvalue weighted by Gasteiger charge is 2.41. The van der Waals surface area contributed by atoms with E-state index in [0.717, 1.165) is 19.4 Å². The van der Waals surface area contributed by atoms with Gasteiger partial charge in [0.25, 0.3) is 0 Å². The first-order chi connectivity index (χ1) is 9.98. The van der Waals surface area contributed by atoms with Crippen molar-refractivity contribution < 1.29 is 19.4 Å². The number of carboxylic acid groups (broad SMARTS) is 1. The van der Waals surface area contributed by atoms with Gasteiger partial charge in [0, 0.05) is 19.7 Å². The Labute approximate surface area is 125 Å². The van der Waals surface area contributed by atoms with E-state index in [-0.39, 0.29) is 18.2 Å². The Hall–Kier alpha value is -1.30. The largest absolute Gasteiger partial charge is 0.481 e. The first-order valence-corrected chi connectivity index (χ1v) is 7.89. The summed E-state index contributed by atoms with van der Waals surface area (Å²) in [5, 5.41) is 12.3. The van der Waals surface area contributed by atoms with E-state index in [9.17, 15) is 14.7 Å². The number of ether oxygens (including phenoxy) is 1. The van der Waals surface area contributed by atoms with Crippen molar-refractivity contribution in [2.45, 2.75) is 58.1 Å². The smallest absolute Gasteiger partial charge is 0.317 e. The molecule has 0 spiro atoms. The van der Waals surface area contributed by atoms with Gasteiger partial charge in [0.05, 0.1) is 17.6 Å². The highest BCUT2D eigenvalue weighted by Crippen LogP contribution is 2.35. The zero-order valence-electron chi connectivity index (χ0n) is 12.9. The highest BCUT2D eigenvalue weighted by atomic mass is 16.5. The van der Waals surface area contributed by atoms with Gasteiger partial charge in [0.15, 0.2) is 0 Å². The SMILES string of the molecule is CCC1(C(=O)O)CCN(C(=O)NC(C)C2CCCO2)CC1. The van der Waals surface area contributed by atoms with Gasteiger partial charge >= 0.3 is 12.0 Å². The summed E-state index contributed by atoms with van der Waals surface area (Å²) in [4.78, 5) is 25.4. The minimum absolute atomic E-state index is 0.00247. The van der Waals surface area contributed by atoms with Crippen LogP contribution in [-0.2, 0) is 9.53 Å². The number of hydrogen-bond donors (Lipinski definition) is 2. The predicted octanol–water partition coefficient (Wildman–Crippen LogP) is 1.84. The van der Waals surface area contributed by atoms with Crippen molar-refractivity contribution in [2.75, 3.05) is 19.7 Å². The van der Waals surface area contributed by atoms with Gasteiger partial charge in [-0.2, -0.15) is 0 Å². The van der Waals surface area contributed by atoms with E-state index < -0.39 is 11.4 Å². The number of amides is 2. The van der Waals surface area contributed by atoms with Crippen LogP contribution in [0, 0.1) is 5.41 Å². The molecule has 6 nitrogen and oxygen atoms in total. The van der Waals surface area contributed by atoms with E-state index in [4.69, 9.17) is 4.74 Å². The molecule has 0 aromatic heterocycles. The molecule has 2 aliphatic rings. The number of hydrogen-bond acceptors (Lipinski definition) is 3. The van der Waals surface area contributed by atoms with E-state index in [0.29, 0.717) is 32.4 Å². The summed E-state index contributed by atoms with van der Waals surface area (Å²) < 4.78 is 5.57. The zero-order chi connectivity index (χ0) is 15.5. The number of nitrogens with one attached hydrogen (secondary N) is 1. The second-order valence-electron chi connectivity index (χ2n) is 6.22. The van der Waals surface area contributed by atoms with Gasteiger partial charge in [-0.3, -0.25) is 4.79 Å². The molecule has 2 rings (SSSR count). The van der Waals surface area contributed by atoms with Crippen molar-refractivity contribution in [3.05, 3.63) is 0 Å². The van der Waals surface area contributed by atoms with Gasteiger partial charge in [-0.1, -0.05) is 6.92 Å². The van der Waals surface area contributed by atoms with Crippen LogP contribution in [0.3, 0.4) is 0 Å². The van der Waals surface area contributed by atoms with E-state index in [1.807, 2.05) is 13.8 Å². The Morgan fingerprint density at radius 1 is 1.43 bits per heavy atom. The van der Waals surface area contributed by atoms with Crippen LogP contribution in [0.4, 0.5) is 4.79 Å². The van der Waals surface area contributed by atoms with Gasteiger partial charge in [-0.25, -0.2) is 4.79 Å². The molecule has 2 N–H and O–H groups in total. The number of urea groups is 1. The van der Waals surface area contributed by atoms with Crippen molar-refractivity contribution >= 4 is 12.0 Å². The maximum absolute atomic E-state index is 12.2. The molecule has 0 bridgehead atoms. The lowest BCUT2D eigenvalue weighted by molar-refractivity contribution is -0.151. The Morgan fingerprint density at radius 2 is 2.10 bits per heavy atom. The Morgan fingerprint density at radius 3 is 2.57 bits per heavy atom. The molecule has 0 aromatic carbocycles. The number of aliphatic carboxylic acids is 1. The fourth-order valence-electron chi connectivity index (χ4n) is 3.23. The first kappa shape index (κ1) is 16.1. The van der Waals surface area contributed by atoms with Crippen molar-refractivity contribution in [2.24, 2.45) is 5.41 Å². The van der Waals surface area contributed by atoms with Gasteiger partial charge in [-0.15, -0.1) is 0 Å². The topological polar surface area (TPSA) is 78.9 Å². The maximum atomic E-state index is 12.2. The lowest BCUT2D eigenvalue weighted by atomic mass is 9.76. The van der Waals surface area contributed by atoms with Crippen LogP contribution in [0.25, 0.3) is 0 Å². The number of carbonyl (C=O) groups excluding carboxylic acids is 1. The van der Waals surface area contributed by atoms with E-state index in [1.165, 1.54) is 0 Å². The second kappa shape index (κ2) is 6.64. The van der Waals surface area contributed by atoms with Gasteiger partial charge in [0.1, 0.15) is 0 Å². The number of nitrogens with zero attached hydrogens (tertiary/aromatic N) is 1. The second-order valence-corrected chi connectivity index (χ2v) is 6.22. The van der Waals surface area contributed by atoms with Crippen molar-refractivity contribution in [1.29, 1.82) is 0 Å². The molecule has 2 heterocycles. The maximum Gasteiger partial charge on any atom is 0.317 e. The fourth-order valence-corrected chi connectivity index (χ4v) is 3.23. The average Bonchev–Trinajstić information content (AvgIpc) is 3.01. The monoisotopic (exact) mass is 298 g/mol. The minimum Gasteiger partial charge on any atom is -0.481 e. The Balaban J connectivity index is 1.84. The third-order valence-electron chi connectivity index (χ3n) is 5.01. The summed E-state index contributed by atoms with van der Waals surface area (Å²) in [5.74, 6) is -0.738. The number of carboxylic acids is 1. The normalized spacial score (nSPS) is 26.4. The summed E-state index contributed by atoms with van der Waals surface area (Å²) in [6, 6.07) is -0.106. The summed E-state index contributed by atoms with van der Waals surface area (Å²) in [6.45, 7) is 5.65.